The number of morpholine rings is 1. The summed E-state index contributed by atoms with van der Waals surface area (Å²) in [5.41, 5.74) is 2.89. The fraction of sp³-hybridized carbons (Fsp3) is 0.395. The summed E-state index contributed by atoms with van der Waals surface area (Å²) in [6.45, 7) is 6.32. The lowest BCUT2D eigenvalue weighted by atomic mass is 10.1. The molecule has 0 saturated carbocycles. The van der Waals surface area contributed by atoms with Crippen LogP contribution in [0.15, 0.2) is 54.6 Å². The van der Waals surface area contributed by atoms with Crippen LogP contribution in [0.4, 0.5) is 36.4 Å². The molecule has 310 valence electrons. The Balaban J connectivity index is 0.907. The highest BCUT2D eigenvalue weighted by Gasteiger charge is 2.23. The summed E-state index contributed by atoms with van der Waals surface area (Å²) in [5, 5.41) is 12.4. The molecule has 20 heteroatoms. The number of aromatic nitrogens is 5. The number of anilines is 4. The molecule has 0 bridgehead atoms. The van der Waals surface area contributed by atoms with Gasteiger partial charge in [0.05, 0.1) is 94.0 Å². The number of fused-ring (bicyclic) bond motifs is 1. The molecule has 1 fully saturated rings. The predicted octanol–water partition coefficient (Wildman–Crippen LogP) is 4.33. The number of amides is 1. The van der Waals surface area contributed by atoms with Gasteiger partial charge in [-0.2, -0.15) is 15.0 Å². The zero-order chi connectivity index (χ0) is 40.9. The summed E-state index contributed by atoms with van der Waals surface area (Å²) in [5.74, 6) is -2.05. The second-order valence-corrected chi connectivity index (χ2v) is 13.9. The highest BCUT2D eigenvalue weighted by Crippen LogP contribution is 2.29. The van der Waals surface area contributed by atoms with Crippen LogP contribution >= 0.6 is 22.6 Å². The summed E-state index contributed by atoms with van der Waals surface area (Å²) in [6, 6.07) is 13.8. The molecule has 1 aliphatic heterocycles. The SMILES string of the molecule is Cc1nc2ccccc2n1-c1nc(N(CCO)CCOCCOCCOCCONC(=O)c2ccc(F)c(F)c2Nc2ccc(I)cc2F)nc(N2CCOCC2)n1. The number of nitrogens with one attached hydrogen (secondary N) is 2. The van der Waals surface area contributed by atoms with Gasteiger partial charge in [-0.05, 0) is 72.0 Å². The van der Waals surface area contributed by atoms with Gasteiger partial charge in [0, 0.05) is 29.7 Å². The molecule has 6 rings (SSSR count). The van der Waals surface area contributed by atoms with E-state index in [0.717, 1.165) is 29.0 Å². The first-order valence-corrected chi connectivity index (χ1v) is 19.6. The monoisotopic (exact) mass is 921 g/mol. The van der Waals surface area contributed by atoms with E-state index in [-0.39, 0.29) is 50.8 Å². The summed E-state index contributed by atoms with van der Waals surface area (Å²) in [4.78, 5) is 40.9. The highest BCUT2D eigenvalue weighted by atomic mass is 127. The number of carbonyl (C=O) groups is 1. The van der Waals surface area contributed by atoms with Gasteiger partial charge >= 0.3 is 0 Å². The smallest absolute Gasteiger partial charge is 0.277 e. The third kappa shape index (κ3) is 11.3. The Kier molecular flexibility index (Phi) is 15.8. The first kappa shape index (κ1) is 42.9. The van der Waals surface area contributed by atoms with Crippen LogP contribution in [-0.2, 0) is 23.8 Å². The van der Waals surface area contributed by atoms with Crippen molar-refractivity contribution in [3.05, 3.63) is 87.0 Å². The molecule has 0 atom stereocenters. The summed E-state index contributed by atoms with van der Waals surface area (Å²) in [7, 11) is 0. The van der Waals surface area contributed by atoms with Gasteiger partial charge in [-0.3, -0.25) is 14.2 Å². The molecule has 0 radical (unpaired) electrons. The Hall–Kier alpha value is -4.71. The second kappa shape index (κ2) is 21.3. The van der Waals surface area contributed by atoms with Crippen LogP contribution in [0.3, 0.4) is 0 Å². The largest absolute Gasteiger partial charge is 0.395 e. The highest BCUT2D eigenvalue weighted by molar-refractivity contribution is 14.1. The van der Waals surface area contributed by atoms with Crippen LogP contribution in [0.2, 0.25) is 0 Å². The van der Waals surface area contributed by atoms with Crippen molar-refractivity contribution in [2.45, 2.75) is 6.92 Å². The fourth-order valence-electron chi connectivity index (χ4n) is 5.90. The van der Waals surface area contributed by atoms with Gasteiger partial charge in [-0.15, -0.1) is 0 Å². The number of benzene rings is 3. The Morgan fingerprint density at radius 3 is 2.31 bits per heavy atom. The molecule has 5 aromatic rings. The third-order valence-electron chi connectivity index (χ3n) is 8.75. The lowest BCUT2D eigenvalue weighted by Gasteiger charge is -2.28. The van der Waals surface area contributed by atoms with Gasteiger partial charge in [0.1, 0.15) is 11.6 Å². The number of rotatable bonds is 21. The number of aliphatic hydroxyl groups is 1. The van der Waals surface area contributed by atoms with Crippen LogP contribution in [0.5, 0.6) is 0 Å². The maximum atomic E-state index is 14.6. The Labute approximate surface area is 345 Å². The molecule has 58 heavy (non-hydrogen) atoms. The van der Waals surface area contributed by atoms with Gasteiger partial charge < -0.3 is 39.2 Å². The number of ether oxygens (including phenoxy) is 4. The van der Waals surface area contributed by atoms with E-state index in [4.69, 9.17) is 38.7 Å². The summed E-state index contributed by atoms with van der Waals surface area (Å²) >= 11 is 1.91. The van der Waals surface area contributed by atoms with Crippen LogP contribution in [-0.4, -0.2) is 128 Å². The van der Waals surface area contributed by atoms with E-state index in [1.54, 1.807) is 6.07 Å². The van der Waals surface area contributed by atoms with Crippen molar-refractivity contribution in [1.29, 1.82) is 0 Å². The Morgan fingerprint density at radius 2 is 1.57 bits per heavy atom. The van der Waals surface area contributed by atoms with Gasteiger partial charge in [-0.1, -0.05) is 12.1 Å². The van der Waals surface area contributed by atoms with Crippen molar-refractivity contribution < 1.29 is 46.9 Å². The molecule has 2 aromatic heterocycles. The minimum atomic E-state index is -1.34. The van der Waals surface area contributed by atoms with E-state index in [9.17, 15) is 23.1 Å². The van der Waals surface area contributed by atoms with E-state index < -0.39 is 29.0 Å². The fourth-order valence-corrected chi connectivity index (χ4v) is 6.35. The molecule has 1 amide bonds. The van der Waals surface area contributed by atoms with Gasteiger partial charge in [-0.25, -0.2) is 23.6 Å². The first-order chi connectivity index (χ1) is 28.2. The van der Waals surface area contributed by atoms with Crippen LogP contribution in [0.25, 0.3) is 17.0 Å². The number of para-hydroxylation sites is 2. The number of nitrogens with zero attached hydrogens (tertiary/aromatic N) is 7. The number of aliphatic hydroxyl groups excluding tert-OH is 1. The topological polar surface area (TPSA) is 170 Å². The number of imidazole rings is 1. The normalized spacial score (nSPS) is 13.0. The quantitative estimate of drug-likeness (QED) is 0.0540. The van der Waals surface area contributed by atoms with Gasteiger partial charge in [0.2, 0.25) is 17.8 Å². The lowest BCUT2D eigenvalue weighted by Crippen LogP contribution is -2.39. The number of aryl methyl sites for hydroxylation is 1. The van der Waals surface area contributed by atoms with E-state index in [1.165, 1.54) is 12.1 Å². The molecular weight excluding hydrogens is 878 g/mol. The van der Waals surface area contributed by atoms with Crippen molar-refractivity contribution in [2.24, 2.45) is 0 Å². The zero-order valence-corrected chi connectivity index (χ0v) is 33.8. The molecule has 0 aliphatic carbocycles. The van der Waals surface area contributed by atoms with Crippen LogP contribution < -0.4 is 20.6 Å². The van der Waals surface area contributed by atoms with Crippen molar-refractivity contribution in [2.75, 3.05) is 107 Å². The van der Waals surface area contributed by atoms with Gasteiger partial charge in [0.25, 0.3) is 5.91 Å². The standard InChI is InChI=1S/C38H43F3IN9O7/c1-25-43-31-4-2-3-5-32(31)51(25)38-46-36(45-37(47-38)50-12-15-54-16-13-50)49(10-14-52)11-17-55-18-19-56-20-21-57-22-23-58-48-35(53)27-7-8-28(39)33(41)34(27)44-30-9-6-26(42)24-29(30)40/h2-9,24,44,52H,10-23H2,1H3,(H,48,53). The maximum absolute atomic E-state index is 14.6. The molecule has 3 N–H and O–H groups in total. The minimum Gasteiger partial charge on any atom is -0.395 e. The zero-order valence-electron chi connectivity index (χ0n) is 31.6. The molecule has 16 nitrogen and oxygen atoms in total. The van der Waals surface area contributed by atoms with Crippen molar-refractivity contribution >= 4 is 62.8 Å². The van der Waals surface area contributed by atoms with Crippen LogP contribution in [0.1, 0.15) is 16.2 Å². The van der Waals surface area contributed by atoms with Crippen molar-refractivity contribution in [3.8, 4) is 5.95 Å². The third-order valence-corrected chi connectivity index (χ3v) is 9.42. The number of hydrogen-bond donors (Lipinski definition) is 3. The molecular formula is C38H43F3IN9O7. The van der Waals surface area contributed by atoms with E-state index in [1.807, 2.05) is 63.2 Å². The summed E-state index contributed by atoms with van der Waals surface area (Å²) in [6.07, 6.45) is 0. The molecule has 0 spiro atoms. The molecule has 3 heterocycles. The Bertz CT molecular complexity index is 2150. The maximum Gasteiger partial charge on any atom is 0.277 e. The lowest BCUT2D eigenvalue weighted by molar-refractivity contribution is -0.0197. The van der Waals surface area contributed by atoms with Crippen molar-refractivity contribution in [3.63, 3.8) is 0 Å². The second-order valence-electron chi connectivity index (χ2n) is 12.7. The molecule has 0 unspecified atom stereocenters. The summed E-state index contributed by atoms with van der Waals surface area (Å²) < 4.78 is 67.9. The number of carbonyl (C=O) groups excluding carboxylic acids is 1. The average molecular weight is 922 g/mol. The minimum absolute atomic E-state index is 0.0491. The van der Waals surface area contributed by atoms with Crippen molar-refractivity contribution in [1.82, 2.24) is 30.0 Å². The number of hydroxylamine groups is 1. The predicted molar refractivity (Wildman–Crippen MR) is 216 cm³/mol. The van der Waals surface area contributed by atoms with Crippen LogP contribution in [0, 0.1) is 27.9 Å². The number of hydrogen-bond acceptors (Lipinski definition) is 14. The van der Waals surface area contributed by atoms with Gasteiger partial charge in [0.15, 0.2) is 11.6 Å². The average Bonchev–Trinajstić information content (AvgIpc) is 3.57. The van der Waals surface area contributed by atoms with E-state index in [0.29, 0.717) is 74.1 Å². The van der Waals surface area contributed by atoms with E-state index >= 15 is 0 Å². The first-order valence-electron chi connectivity index (χ1n) is 18.5. The molecule has 3 aromatic carbocycles. The Morgan fingerprint density at radius 1 is 0.862 bits per heavy atom. The molecule has 1 aliphatic rings. The molecule has 1 saturated heterocycles. The number of halogens is 4. The van der Waals surface area contributed by atoms with E-state index in [2.05, 4.69) is 20.7 Å².